The number of hydrogen-bond acceptors (Lipinski definition) is 2. The average molecular weight is 181 g/mol. The highest BCUT2D eigenvalue weighted by Gasteiger charge is 2.23. The van der Waals surface area contributed by atoms with Gasteiger partial charge in [0.05, 0.1) is 5.69 Å². The van der Waals surface area contributed by atoms with E-state index in [2.05, 4.69) is 10.6 Å². The van der Waals surface area contributed by atoms with Gasteiger partial charge in [-0.1, -0.05) is 6.07 Å². The van der Waals surface area contributed by atoms with Crippen molar-refractivity contribution in [3.05, 3.63) is 29.6 Å². The molecule has 0 radical (unpaired) electrons. The van der Waals surface area contributed by atoms with E-state index in [0.717, 1.165) is 0 Å². The van der Waals surface area contributed by atoms with E-state index in [1.54, 1.807) is 6.07 Å². The van der Waals surface area contributed by atoms with E-state index >= 15 is 0 Å². The summed E-state index contributed by atoms with van der Waals surface area (Å²) < 4.78 is 13.2. The third-order valence-corrected chi connectivity index (χ3v) is 1.90. The van der Waals surface area contributed by atoms with E-state index in [0.29, 0.717) is 11.3 Å². The minimum absolute atomic E-state index is 0.294. The maximum atomic E-state index is 13.2. The molecule has 0 saturated heterocycles. The zero-order chi connectivity index (χ0) is 9.42. The van der Waals surface area contributed by atoms with Crippen LogP contribution in [0.3, 0.4) is 0 Å². The lowest BCUT2D eigenvalue weighted by Crippen LogP contribution is -2.42. The maximum Gasteiger partial charge on any atom is 0.320 e. The number of carbonyl (C=O) groups is 1. The Balaban J connectivity index is 2.55. The molecule has 0 spiro atoms. The Morgan fingerprint density at radius 1 is 1.46 bits per heavy atom. The minimum atomic E-state index is -0.773. The quantitative estimate of drug-likeness (QED) is 0.557. The highest BCUT2D eigenvalue weighted by molar-refractivity contribution is 5.92. The number of amides is 2. The first-order valence-corrected chi connectivity index (χ1v) is 3.80. The van der Waals surface area contributed by atoms with Crippen molar-refractivity contribution in [2.24, 2.45) is 5.73 Å². The van der Waals surface area contributed by atoms with Crippen molar-refractivity contribution in [1.29, 1.82) is 0 Å². The summed E-state index contributed by atoms with van der Waals surface area (Å²) in [7, 11) is 0. The van der Waals surface area contributed by atoms with Gasteiger partial charge in [0, 0.05) is 5.56 Å². The van der Waals surface area contributed by atoms with Gasteiger partial charge in [0.15, 0.2) is 0 Å². The molecule has 1 aromatic rings. The van der Waals surface area contributed by atoms with Crippen LogP contribution in [0.4, 0.5) is 14.9 Å². The second-order valence-electron chi connectivity index (χ2n) is 2.78. The fourth-order valence-corrected chi connectivity index (χ4v) is 1.33. The Bertz CT molecular complexity index is 366. The largest absolute Gasteiger partial charge is 0.320 e. The number of benzene rings is 1. The summed E-state index contributed by atoms with van der Waals surface area (Å²) in [5, 5.41) is 4.83. The summed E-state index contributed by atoms with van der Waals surface area (Å²) in [6, 6.07) is 4.02. The fraction of sp³-hybridized carbons (Fsp3) is 0.125. The van der Waals surface area contributed by atoms with Gasteiger partial charge in [-0.25, -0.2) is 9.18 Å². The minimum Gasteiger partial charge on any atom is -0.318 e. The van der Waals surface area contributed by atoms with Gasteiger partial charge in [0.2, 0.25) is 0 Å². The Morgan fingerprint density at radius 2 is 2.23 bits per heavy atom. The molecule has 0 fully saturated rings. The predicted molar refractivity (Wildman–Crippen MR) is 45.5 cm³/mol. The van der Waals surface area contributed by atoms with Crippen LogP contribution in [-0.2, 0) is 0 Å². The second kappa shape index (κ2) is 2.70. The first-order valence-electron chi connectivity index (χ1n) is 3.80. The Labute approximate surface area is 73.9 Å². The fourth-order valence-electron chi connectivity index (χ4n) is 1.33. The lowest BCUT2D eigenvalue weighted by Gasteiger charge is -2.24. The van der Waals surface area contributed by atoms with Gasteiger partial charge in [0.1, 0.15) is 12.0 Å². The first kappa shape index (κ1) is 8.00. The van der Waals surface area contributed by atoms with Crippen molar-refractivity contribution in [3.63, 3.8) is 0 Å². The molecule has 4 nitrogen and oxygen atoms in total. The van der Waals surface area contributed by atoms with Gasteiger partial charge >= 0.3 is 6.03 Å². The molecule has 1 aliphatic heterocycles. The Morgan fingerprint density at radius 3 is 3.00 bits per heavy atom. The van der Waals surface area contributed by atoms with E-state index < -0.39 is 18.0 Å². The highest BCUT2D eigenvalue weighted by atomic mass is 19.1. The zero-order valence-corrected chi connectivity index (χ0v) is 6.67. The number of carbonyl (C=O) groups excluding carboxylic acids is 1. The SMILES string of the molecule is NC1NC(=O)Nc2cccc(F)c21. The van der Waals surface area contributed by atoms with Crippen LogP contribution in [0.5, 0.6) is 0 Å². The Hall–Kier alpha value is -1.62. The third-order valence-electron chi connectivity index (χ3n) is 1.90. The van der Waals surface area contributed by atoms with Gasteiger partial charge < -0.3 is 16.4 Å². The molecule has 1 unspecified atom stereocenters. The van der Waals surface area contributed by atoms with Crippen molar-refractivity contribution in [1.82, 2.24) is 5.32 Å². The first-order chi connectivity index (χ1) is 6.18. The topological polar surface area (TPSA) is 67.1 Å². The Kier molecular flexibility index (Phi) is 1.66. The van der Waals surface area contributed by atoms with E-state index in [4.69, 9.17) is 5.73 Å². The van der Waals surface area contributed by atoms with Gasteiger partial charge in [0.25, 0.3) is 0 Å². The van der Waals surface area contributed by atoms with Gasteiger partial charge in [-0.2, -0.15) is 0 Å². The van der Waals surface area contributed by atoms with Crippen LogP contribution in [0.25, 0.3) is 0 Å². The van der Waals surface area contributed by atoms with E-state index in [9.17, 15) is 9.18 Å². The monoisotopic (exact) mass is 181 g/mol. The lowest BCUT2D eigenvalue weighted by atomic mass is 10.1. The third kappa shape index (κ3) is 1.23. The van der Waals surface area contributed by atoms with Crippen molar-refractivity contribution < 1.29 is 9.18 Å². The second-order valence-corrected chi connectivity index (χ2v) is 2.78. The number of halogens is 1. The molecule has 4 N–H and O–H groups in total. The molecular weight excluding hydrogens is 173 g/mol. The molecule has 1 atom stereocenters. The summed E-state index contributed by atoms with van der Waals surface area (Å²) in [4.78, 5) is 10.9. The van der Waals surface area contributed by atoms with Gasteiger partial charge in [-0.05, 0) is 12.1 Å². The number of rotatable bonds is 0. The molecule has 13 heavy (non-hydrogen) atoms. The van der Waals surface area contributed by atoms with Crippen LogP contribution in [0.1, 0.15) is 11.7 Å². The van der Waals surface area contributed by atoms with E-state index in [1.807, 2.05) is 0 Å². The predicted octanol–water partition coefficient (Wildman–Crippen LogP) is 0.918. The molecular formula is C8H8FN3O. The molecule has 1 aromatic carbocycles. The number of nitrogens with one attached hydrogen (secondary N) is 2. The number of urea groups is 1. The molecule has 0 saturated carbocycles. The van der Waals surface area contributed by atoms with Crippen LogP contribution >= 0.6 is 0 Å². The summed E-state index contributed by atoms with van der Waals surface area (Å²) in [5.74, 6) is -0.419. The molecule has 5 heteroatoms. The summed E-state index contributed by atoms with van der Waals surface area (Å²) in [5.41, 5.74) is 6.25. The molecule has 68 valence electrons. The molecule has 1 heterocycles. The normalized spacial score (nSPS) is 20.2. The number of hydrogen-bond donors (Lipinski definition) is 3. The molecule has 2 amide bonds. The molecule has 1 aliphatic rings. The molecule has 0 aromatic heterocycles. The van der Waals surface area contributed by atoms with E-state index in [1.165, 1.54) is 12.1 Å². The van der Waals surface area contributed by atoms with Crippen molar-refractivity contribution in [3.8, 4) is 0 Å². The van der Waals surface area contributed by atoms with Crippen LogP contribution in [0.15, 0.2) is 18.2 Å². The number of anilines is 1. The standard InChI is InChI=1S/C8H8FN3O/c9-4-2-1-3-5-6(4)7(10)12-8(13)11-5/h1-3,7H,10H2,(H2,11,12,13). The van der Waals surface area contributed by atoms with Gasteiger partial charge in [-0.15, -0.1) is 0 Å². The van der Waals surface area contributed by atoms with Gasteiger partial charge in [-0.3, -0.25) is 0 Å². The van der Waals surface area contributed by atoms with Crippen LogP contribution < -0.4 is 16.4 Å². The molecule has 0 bridgehead atoms. The van der Waals surface area contributed by atoms with Crippen LogP contribution in [0.2, 0.25) is 0 Å². The summed E-state index contributed by atoms with van der Waals surface area (Å²) >= 11 is 0. The zero-order valence-electron chi connectivity index (χ0n) is 6.67. The molecule has 0 aliphatic carbocycles. The average Bonchev–Trinajstić information content (AvgIpc) is 2.02. The number of nitrogens with two attached hydrogens (primary N) is 1. The van der Waals surface area contributed by atoms with Crippen molar-refractivity contribution in [2.75, 3.05) is 5.32 Å². The van der Waals surface area contributed by atoms with Crippen molar-refractivity contribution in [2.45, 2.75) is 6.17 Å². The van der Waals surface area contributed by atoms with E-state index in [-0.39, 0.29) is 0 Å². The summed E-state index contributed by atoms with van der Waals surface area (Å²) in [6.45, 7) is 0. The van der Waals surface area contributed by atoms with Crippen molar-refractivity contribution >= 4 is 11.7 Å². The maximum absolute atomic E-state index is 13.2. The smallest absolute Gasteiger partial charge is 0.318 e. The lowest BCUT2D eigenvalue weighted by molar-refractivity contribution is 0.247. The number of fused-ring (bicyclic) bond motifs is 1. The van der Waals surface area contributed by atoms with Crippen LogP contribution in [-0.4, -0.2) is 6.03 Å². The summed E-state index contributed by atoms with van der Waals surface area (Å²) in [6.07, 6.45) is -0.773. The van der Waals surface area contributed by atoms with Crippen LogP contribution in [0, 0.1) is 5.82 Å². The highest BCUT2D eigenvalue weighted by Crippen LogP contribution is 2.25. The molecule has 2 rings (SSSR count).